The van der Waals surface area contributed by atoms with Crippen molar-refractivity contribution >= 4 is 5.97 Å². The Hall–Kier alpha value is -0.780. The summed E-state index contributed by atoms with van der Waals surface area (Å²) in [6, 6.07) is -2.17. The highest BCUT2D eigenvalue weighted by atomic mass is 19.4. The number of hydrogen-bond donors (Lipinski definition) is 1. The molecule has 0 amide bonds. The summed E-state index contributed by atoms with van der Waals surface area (Å²) in [6.07, 6.45) is -4.58. The van der Waals surface area contributed by atoms with E-state index in [1.54, 1.807) is 0 Å². The van der Waals surface area contributed by atoms with Gasteiger partial charge >= 0.3 is 12.1 Å². The zero-order valence-corrected chi connectivity index (χ0v) is 8.26. The van der Waals surface area contributed by atoms with Crippen molar-refractivity contribution in [3.63, 3.8) is 0 Å². The molecule has 0 aromatic heterocycles. The van der Waals surface area contributed by atoms with Crippen LogP contribution in [-0.4, -0.2) is 25.3 Å². The second kappa shape index (κ2) is 4.63. The fourth-order valence-electron chi connectivity index (χ4n) is 1.17. The Bertz CT molecular complexity index is 203. The largest absolute Gasteiger partial charge is 0.469 e. The number of halogens is 3. The van der Waals surface area contributed by atoms with Crippen molar-refractivity contribution in [2.75, 3.05) is 7.11 Å². The van der Waals surface area contributed by atoms with Crippen LogP contribution in [0.2, 0.25) is 0 Å². The van der Waals surface area contributed by atoms with Gasteiger partial charge in [-0.3, -0.25) is 4.79 Å². The molecule has 14 heavy (non-hydrogen) atoms. The third-order valence-electron chi connectivity index (χ3n) is 1.96. The first-order valence-electron chi connectivity index (χ1n) is 4.12. The lowest BCUT2D eigenvalue weighted by Crippen LogP contribution is -2.49. The van der Waals surface area contributed by atoms with Crippen LogP contribution in [0.15, 0.2) is 0 Å². The van der Waals surface area contributed by atoms with Gasteiger partial charge < -0.3 is 10.5 Å². The number of hydrogen-bond acceptors (Lipinski definition) is 3. The van der Waals surface area contributed by atoms with Gasteiger partial charge in [0.25, 0.3) is 0 Å². The number of alkyl halides is 3. The minimum Gasteiger partial charge on any atom is -0.469 e. The average Bonchev–Trinajstić information content (AvgIpc) is 2.01. The summed E-state index contributed by atoms with van der Waals surface area (Å²) < 4.78 is 40.9. The third kappa shape index (κ3) is 3.17. The maximum atomic E-state index is 12.2. The minimum absolute atomic E-state index is 0.515. The van der Waals surface area contributed by atoms with E-state index in [9.17, 15) is 18.0 Å². The first-order valence-corrected chi connectivity index (χ1v) is 4.12. The highest BCUT2D eigenvalue weighted by molar-refractivity contribution is 5.73. The van der Waals surface area contributed by atoms with Crippen molar-refractivity contribution in [3.8, 4) is 0 Å². The molecule has 0 aliphatic heterocycles. The summed E-state index contributed by atoms with van der Waals surface area (Å²) in [6.45, 7) is 2.99. The maximum Gasteiger partial charge on any atom is 0.404 e. The summed E-state index contributed by atoms with van der Waals surface area (Å²) >= 11 is 0. The van der Waals surface area contributed by atoms with E-state index in [-0.39, 0.29) is 0 Å². The monoisotopic (exact) mass is 213 g/mol. The number of esters is 1. The van der Waals surface area contributed by atoms with Gasteiger partial charge in [-0.1, -0.05) is 13.8 Å². The molecule has 0 saturated heterocycles. The Labute approximate surface area is 80.4 Å². The number of methoxy groups -OCH3 is 1. The summed E-state index contributed by atoms with van der Waals surface area (Å²) in [5.41, 5.74) is 4.95. The molecular formula is C8H14F3NO2. The number of carbonyl (C=O) groups is 1. The quantitative estimate of drug-likeness (QED) is 0.719. The van der Waals surface area contributed by atoms with Crippen LogP contribution in [0.1, 0.15) is 13.8 Å². The normalized spacial score (nSPS) is 16.6. The Kier molecular flexibility index (Phi) is 4.38. The Morgan fingerprint density at radius 2 is 1.79 bits per heavy atom. The van der Waals surface area contributed by atoms with Crippen molar-refractivity contribution in [1.82, 2.24) is 0 Å². The Balaban J connectivity index is 4.75. The van der Waals surface area contributed by atoms with E-state index in [2.05, 4.69) is 4.74 Å². The van der Waals surface area contributed by atoms with E-state index in [1.807, 2.05) is 0 Å². The van der Waals surface area contributed by atoms with E-state index in [4.69, 9.17) is 5.73 Å². The SMILES string of the molecule is COC(=O)[C@@H](C(C)C)[C@H](N)C(F)(F)F. The molecule has 0 aromatic rings. The highest BCUT2D eigenvalue weighted by Crippen LogP contribution is 2.28. The van der Waals surface area contributed by atoms with Crippen LogP contribution in [0.3, 0.4) is 0 Å². The van der Waals surface area contributed by atoms with Crippen LogP contribution in [0.25, 0.3) is 0 Å². The predicted octanol–water partition coefficient (Wildman–Crippen LogP) is 1.32. The van der Waals surface area contributed by atoms with Gasteiger partial charge in [-0.2, -0.15) is 13.2 Å². The number of nitrogens with two attached hydrogens (primary N) is 1. The van der Waals surface area contributed by atoms with E-state index in [0.29, 0.717) is 0 Å². The summed E-state index contributed by atoms with van der Waals surface area (Å²) in [7, 11) is 1.04. The average molecular weight is 213 g/mol. The van der Waals surface area contributed by atoms with Crippen LogP contribution >= 0.6 is 0 Å². The van der Waals surface area contributed by atoms with Gasteiger partial charge in [0.2, 0.25) is 0 Å². The van der Waals surface area contributed by atoms with Gasteiger partial charge in [0.05, 0.1) is 13.0 Å². The number of ether oxygens (including phenoxy) is 1. The summed E-state index contributed by atoms with van der Waals surface area (Å²) in [4.78, 5) is 11.0. The van der Waals surface area contributed by atoms with Crippen molar-refractivity contribution in [2.24, 2.45) is 17.6 Å². The molecule has 0 aromatic carbocycles. The molecule has 0 aliphatic carbocycles. The number of rotatable bonds is 3. The molecule has 84 valence electrons. The molecule has 3 nitrogen and oxygen atoms in total. The minimum atomic E-state index is -4.58. The Morgan fingerprint density at radius 3 is 2.00 bits per heavy atom. The molecule has 6 heteroatoms. The lowest BCUT2D eigenvalue weighted by Gasteiger charge is -2.26. The zero-order valence-electron chi connectivity index (χ0n) is 8.26. The van der Waals surface area contributed by atoms with E-state index < -0.39 is 30.0 Å². The molecule has 0 aliphatic rings. The van der Waals surface area contributed by atoms with Gasteiger partial charge in [0.1, 0.15) is 6.04 Å². The maximum absolute atomic E-state index is 12.2. The molecule has 0 rings (SSSR count). The molecule has 2 atom stereocenters. The molecule has 0 fully saturated rings. The topological polar surface area (TPSA) is 52.3 Å². The van der Waals surface area contributed by atoms with Crippen molar-refractivity contribution in [1.29, 1.82) is 0 Å². The molecular weight excluding hydrogens is 199 g/mol. The van der Waals surface area contributed by atoms with Crippen molar-refractivity contribution < 1.29 is 22.7 Å². The highest BCUT2D eigenvalue weighted by Gasteiger charge is 2.46. The molecule has 0 bridgehead atoms. The lowest BCUT2D eigenvalue weighted by atomic mass is 9.88. The summed E-state index contributed by atoms with van der Waals surface area (Å²) in [5, 5.41) is 0. The second-order valence-electron chi connectivity index (χ2n) is 3.36. The predicted molar refractivity (Wildman–Crippen MR) is 44.4 cm³/mol. The lowest BCUT2D eigenvalue weighted by molar-refractivity contribution is -0.178. The standard InChI is InChI=1S/C8H14F3NO2/c1-4(2)5(7(13)14-3)6(12)8(9,10)11/h4-6H,12H2,1-3H3/t5-,6-/m0/s1. The van der Waals surface area contributed by atoms with Gasteiger partial charge in [-0.25, -0.2) is 0 Å². The zero-order chi connectivity index (χ0) is 11.5. The fraction of sp³-hybridized carbons (Fsp3) is 0.875. The molecule has 0 radical (unpaired) electrons. The first kappa shape index (κ1) is 13.2. The molecule has 0 spiro atoms. The Morgan fingerprint density at radius 1 is 1.36 bits per heavy atom. The molecule has 0 unspecified atom stereocenters. The van der Waals surface area contributed by atoms with Gasteiger partial charge in [-0.15, -0.1) is 0 Å². The van der Waals surface area contributed by atoms with Crippen molar-refractivity contribution in [3.05, 3.63) is 0 Å². The fourth-order valence-corrected chi connectivity index (χ4v) is 1.17. The van der Waals surface area contributed by atoms with Gasteiger partial charge in [0.15, 0.2) is 0 Å². The molecule has 0 heterocycles. The van der Waals surface area contributed by atoms with Gasteiger partial charge in [0, 0.05) is 0 Å². The van der Waals surface area contributed by atoms with Crippen LogP contribution in [0.4, 0.5) is 13.2 Å². The van der Waals surface area contributed by atoms with Crippen LogP contribution < -0.4 is 5.73 Å². The van der Waals surface area contributed by atoms with Crippen LogP contribution in [0, 0.1) is 11.8 Å². The van der Waals surface area contributed by atoms with Crippen molar-refractivity contribution in [2.45, 2.75) is 26.1 Å². The molecule has 0 saturated carbocycles. The van der Waals surface area contributed by atoms with E-state index >= 15 is 0 Å². The van der Waals surface area contributed by atoms with Gasteiger partial charge in [-0.05, 0) is 5.92 Å². The third-order valence-corrected chi connectivity index (χ3v) is 1.96. The van der Waals surface area contributed by atoms with Crippen LogP contribution in [0.5, 0.6) is 0 Å². The second-order valence-corrected chi connectivity index (χ2v) is 3.36. The molecule has 2 N–H and O–H groups in total. The van der Waals surface area contributed by atoms with E-state index in [0.717, 1.165) is 7.11 Å². The van der Waals surface area contributed by atoms with E-state index in [1.165, 1.54) is 13.8 Å². The first-order chi connectivity index (χ1) is 6.21. The smallest absolute Gasteiger partial charge is 0.404 e. The summed E-state index contributed by atoms with van der Waals surface area (Å²) in [5.74, 6) is -2.79. The van der Waals surface area contributed by atoms with Crippen LogP contribution in [-0.2, 0) is 9.53 Å². The number of carbonyl (C=O) groups excluding carboxylic acids is 1.